The van der Waals surface area contributed by atoms with E-state index in [1.807, 2.05) is 6.07 Å². The molecule has 0 fully saturated rings. The molecule has 1 unspecified atom stereocenters. The van der Waals surface area contributed by atoms with Gasteiger partial charge in [0.05, 0.1) is 0 Å². The van der Waals surface area contributed by atoms with Gasteiger partial charge in [0.25, 0.3) is 0 Å². The van der Waals surface area contributed by atoms with Gasteiger partial charge < -0.3 is 16.8 Å². The molecule has 0 saturated carbocycles. The molecule has 1 atom stereocenters. The lowest BCUT2D eigenvalue weighted by atomic mass is 10.2. The monoisotopic (exact) mass is 197 g/mol. The first kappa shape index (κ1) is 11.1. The average molecular weight is 197 g/mol. The van der Waals surface area contributed by atoms with E-state index in [9.17, 15) is 4.39 Å². The fourth-order valence-corrected chi connectivity index (χ4v) is 1.13. The van der Waals surface area contributed by atoms with Crippen molar-refractivity contribution in [3.05, 3.63) is 35.6 Å². The SMILES string of the molecule is NCC(N)CNCc1cccc(F)c1. The van der Waals surface area contributed by atoms with Gasteiger partial charge in [0.1, 0.15) is 5.82 Å². The van der Waals surface area contributed by atoms with Crippen molar-refractivity contribution in [3.63, 3.8) is 0 Å². The summed E-state index contributed by atoms with van der Waals surface area (Å²) in [6.45, 7) is 1.72. The van der Waals surface area contributed by atoms with Gasteiger partial charge in [-0.2, -0.15) is 0 Å². The van der Waals surface area contributed by atoms with Crippen LogP contribution in [0.3, 0.4) is 0 Å². The summed E-state index contributed by atoms with van der Waals surface area (Å²) >= 11 is 0. The zero-order chi connectivity index (χ0) is 10.4. The summed E-state index contributed by atoms with van der Waals surface area (Å²) in [7, 11) is 0. The highest BCUT2D eigenvalue weighted by atomic mass is 19.1. The van der Waals surface area contributed by atoms with Gasteiger partial charge in [-0.15, -0.1) is 0 Å². The summed E-state index contributed by atoms with van der Waals surface area (Å²) in [5, 5.41) is 3.11. The second-order valence-electron chi connectivity index (χ2n) is 3.26. The minimum absolute atomic E-state index is 0.0384. The van der Waals surface area contributed by atoms with Crippen molar-refractivity contribution in [2.45, 2.75) is 12.6 Å². The van der Waals surface area contributed by atoms with E-state index in [0.717, 1.165) is 5.56 Å². The number of nitrogens with one attached hydrogen (secondary N) is 1. The summed E-state index contributed by atoms with van der Waals surface area (Å²) < 4.78 is 12.7. The fraction of sp³-hybridized carbons (Fsp3) is 0.400. The third-order valence-electron chi connectivity index (χ3n) is 1.93. The quantitative estimate of drug-likeness (QED) is 0.632. The second-order valence-corrected chi connectivity index (χ2v) is 3.26. The van der Waals surface area contributed by atoms with Gasteiger partial charge in [-0.25, -0.2) is 4.39 Å². The smallest absolute Gasteiger partial charge is 0.123 e. The van der Waals surface area contributed by atoms with Crippen LogP contribution in [0.1, 0.15) is 5.56 Å². The molecule has 0 amide bonds. The fourth-order valence-electron chi connectivity index (χ4n) is 1.13. The van der Waals surface area contributed by atoms with Crippen molar-refractivity contribution >= 4 is 0 Å². The van der Waals surface area contributed by atoms with Crippen LogP contribution in [0.4, 0.5) is 4.39 Å². The summed E-state index contributed by atoms with van der Waals surface area (Å²) in [6.07, 6.45) is 0. The van der Waals surface area contributed by atoms with E-state index in [0.29, 0.717) is 19.6 Å². The predicted molar refractivity (Wildman–Crippen MR) is 55.1 cm³/mol. The van der Waals surface area contributed by atoms with Crippen LogP contribution in [-0.2, 0) is 6.54 Å². The summed E-state index contributed by atoms with van der Waals surface area (Å²) in [5.41, 5.74) is 11.9. The molecule has 5 N–H and O–H groups in total. The highest BCUT2D eigenvalue weighted by Gasteiger charge is 1.98. The molecule has 0 aromatic heterocycles. The van der Waals surface area contributed by atoms with Gasteiger partial charge in [-0.3, -0.25) is 0 Å². The minimum Gasteiger partial charge on any atom is -0.329 e. The van der Waals surface area contributed by atoms with Crippen LogP contribution in [0.15, 0.2) is 24.3 Å². The Balaban J connectivity index is 2.31. The number of hydrogen-bond acceptors (Lipinski definition) is 3. The number of nitrogens with two attached hydrogens (primary N) is 2. The Morgan fingerprint density at radius 3 is 2.86 bits per heavy atom. The number of benzene rings is 1. The molecular formula is C10H16FN3. The van der Waals surface area contributed by atoms with Crippen LogP contribution >= 0.6 is 0 Å². The molecule has 1 aromatic rings. The van der Waals surface area contributed by atoms with Crippen LogP contribution < -0.4 is 16.8 Å². The van der Waals surface area contributed by atoms with Gasteiger partial charge in [0.2, 0.25) is 0 Å². The Hall–Kier alpha value is -0.970. The van der Waals surface area contributed by atoms with E-state index < -0.39 is 0 Å². The highest BCUT2D eigenvalue weighted by molar-refractivity contribution is 5.15. The van der Waals surface area contributed by atoms with Gasteiger partial charge in [-0.1, -0.05) is 12.1 Å². The molecule has 0 saturated heterocycles. The Kier molecular flexibility index (Phi) is 4.52. The van der Waals surface area contributed by atoms with Crippen molar-refractivity contribution in [1.29, 1.82) is 0 Å². The van der Waals surface area contributed by atoms with Crippen molar-refractivity contribution in [2.75, 3.05) is 13.1 Å². The van der Waals surface area contributed by atoms with Crippen LogP contribution in [0.5, 0.6) is 0 Å². The first-order valence-corrected chi connectivity index (χ1v) is 4.63. The normalized spacial score (nSPS) is 12.8. The first-order valence-electron chi connectivity index (χ1n) is 4.63. The van der Waals surface area contributed by atoms with Crippen molar-refractivity contribution in [1.82, 2.24) is 5.32 Å². The molecule has 4 heteroatoms. The van der Waals surface area contributed by atoms with Crippen molar-refractivity contribution < 1.29 is 4.39 Å². The van der Waals surface area contributed by atoms with Gasteiger partial charge >= 0.3 is 0 Å². The Morgan fingerprint density at radius 2 is 2.21 bits per heavy atom. The first-order chi connectivity index (χ1) is 6.72. The lowest BCUT2D eigenvalue weighted by Crippen LogP contribution is -2.39. The molecule has 0 spiro atoms. The molecule has 0 aliphatic carbocycles. The molecule has 0 bridgehead atoms. The second kappa shape index (κ2) is 5.70. The van der Waals surface area contributed by atoms with E-state index in [2.05, 4.69) is 5.32 Å². The molecule has 0 heterocycles. The maximum atomic E-state index is 12.7. The Labute approximate surface area is 83.3 Å². The summed E-state index contributed by atoms with van der Waals surface area (Å²) in [6, 6.07) is 6.44. The van der Waals surface area contributed by atoms with Crippen LogP contribution in [0.2, 0.25) is 0 Å². The van der Waals surface area contributed by atoms with E-state index in [1.165, 1.54) is 12.1 Å². The van der Waals surface area contributed by atoms with Gasteiger partial charge in [0.15, 0.2) is 0 Å². The van der Waals surface area contributed by atoms with Crippen molar-refractivity contribution in [2.24, 2.45) is 11.5 Å². The molecule has 14 heavy (non-hydrogen) atoms. The van der Waals surface area contributed by atoms with Crippen LogP contribution in [0, 0.1) is 5.82 Å². The molecule has 0 aliphatic heterocycles. The van der Waals surface area contributed by atoms with Gasteiger partial charge in [0, 0.05) is 25.7 Å². The van der Waals surface area contributed by atoms with Crippen LogP contribution in [0.25, 0.3) is 0 Å². The molecule has 1 rings (SSSR count). The molecular weight excluding hydrogens is 181 g/mol. The molecule has 0 aliphatic rings. The molecule has 1 aromatic carbocycles. The number of halogens is 1. The zero-order valence-corrected chi connectivity index (χ0v) is 8.04. The minimum atomic E-state index is -0.215. The van der Waals surface area contributed by atoms with E-state index in [-0.39, 0.29) is 11.9 Å². The standard InChI is InChI=1S/C10H16FN3/c11-9-3-1-2-8(4-9)6-14-7-10(13)5-12/h1-4,10,14H,5-7,12-13H2. The highest BCUT2D eigenvalue weighted by Crippen LogP contribution is 2.02. The number of hydrogen-bond donors (Lipinski definition) is 3. The summed E-state index contributed by atoms with van der Waals surface area (Å²) in [4.78, 5) is 0. The Morgan fingerprint density at radius 1 is 1.43 bits per heavy atom. The van der Waals surface area contributed by atoms with E-state index in [4.69, 9.17) is 11.5 Å². The lowest BCUT2D eigenvalue weighted by Gasteiger charge is -2.09. The maximum Gasteiger partial charge on any atom is 0.123 e. The maximum absolute atomic E-state index is 12.7. The lowest BCUT2D eigenvalue weighted by molar-refractivity contribution is 0.578. The largest absolute Gasteiger partial charge is 0.329 e. The summed E-state index contributed by atoms with van der Waals surface area (Å²) in [5.74, 6) is -0.215. The van der Waals surface area contributed by atoms with Crippen LogP contribution in [-0.4, -0.2) is 19.1 Å². The Bertz CT molecular complexity index is 278. The predicted octanol–water partition coefficient (Wildman–Crippen LogP) is 0.201. The zero-order valence-electron chi connectivity index (χ0n) is 8.04. The molecule has 78 valence electrons. The third kappa shape index (κ3) is 3.83. The third-order valence-corrected chi connectivity index (χ3v) is 1.93. The van der Waals surface area contributed by atoms with Gasteiger partial charge in [-0.05, 0) is 17.7 Å². The number of rotatable bonds is 5. The average Bonchev–Trinajstić information content (AvgIpc) is 2.17. The topological polar surface area (TPSA) is 64.1 Å². The van der Waals surface area contributed by atoms with Crippen molar-refractivity contribution in [3.8, 4) is 0 Å². The molecule has 0 radical (unpaired) electrons. The molecule has 3 nitrogen and oxygen atoms in total. The van der Waals surface area contributed by atoms with E-state index >= 15 is 0 Å². The van der Waals surface area contributed by atoms with E-state index in [1.54, 1.807) is 6.07 Å².